The molecule has 0 amide bonds. The summed E-state index contributed by atoms with van der Waals surface area (Å²) in [4.78, 5) is 2.65. The Morgan fingerprint density at radius 1 is 1.09 bits per heavy atom. The van der Waals surface area contributed by atoms with Gasteiger partial charge in [-0.05, 0) is 80.6 Å². The third-order valence-electron chi connectivity index (χ3n) is 6.26. The molecule has 1 saturated heterocycles. The van der Waals surface area contributed by atoms with E-state index in [9.17, 15) is 4.39 Å². The first-order chi connectivity index (χ1) is 10.8. The van der Waals surface area contributed by atoms with Gasteiger partial charge >= 0.3 is 0 Å². The van der Waals surface area contributed by atoms with Crippen molar-refractivity contribution in [2.45, 2.75) is 72.3 Å². The molecule has 0 bridgehead atoms. The fourth-order valence-corrected chi connectivity index (χ4v) is 3.46. The largest absolute Gasteiger partial charge is 0.301 e. The van der Waals surface area contributed by atoms with E-state index in [-0.39, 0.29) is 5.82 Å². The number of halogens is 1. The van der Waals surface area contributed by atoms with Gasteiger partial charge in [-0.15, -0.1) is 0 Å². The standard InChI is InChI=1S/C21H34FN/c1-16(2)21(4,5)13-10-17(3)23-14-11-19(12-15-23)18-6-8-20(22)9-7-18/h6-9,16-17,19H,10-15H2,1-5H3. The minimum Gasteiger partial charge on any atom is -0.301 e. The van der Waals surface area contributed by atoms with Crippen LogP contribution in [0.3, 0.4) is 0 Å². The fraction of sp³-hybridized carbons (Fsp3) is 0.714. The van der Waals surface area contributed by atoms with Gasteiger partial charge < -0.3 is 4.90 Å². The minimum atomic E-state index is -0.132. The first-order valence-corrected chi connectivity index (χ1v) is 9.29. The van der Waals surface area contributed by atoms with Crippen LogP contribution in [-0.4, -0.2) is 24.0 Å². The topological polar surface area (TPSA) is 3.24 Å². The molecule has 0 spiro atoms. The van der Waals surface area contributed by atoms with E-state index >= 15 is 0 Å². The van der Waals surface area contributed by atoms with Gasteiger partial charge in [-0.1, -0.05) is 39.8 Å². The Balaban J connectivity index is 1.80. The summed E-state index contributed by atoms with van der Waals surface area (Å²) in [6.45, 7) is 14.2. The molecule has 0 aromatic heterocycles. The zero-order valence-electron chi connectivity index (χ0n) is 15.6. The maximum Gasteiger partial charge on any atom is 0.123 e. The van der Waals surface area contributed by atoms with Gasteiger partial charge in [0.1, 0.15) is 5.82 Å². The third-order valence-corrected chi connectivity index (χ3v) is 6.26. The number of hydrogen-bond acceptors (Lipinski definition) is 1. The maximum atomic E-state index is 13.1. The Labute approximate surface area is 142 Å². The summed E-state index contributed by atoms with van der Waals surface area (Å²) in [7, 11) is 0. The Morgan fingerprint density at radius 3 is 2.17 bits per heavy atom. The van der Waals surface area contributed by atoms with Crippen LogP contribution < -0.4 is 0 Å². The molecule has 0 radical (unpaired) electrons. The van der Waals surface area contributed by atoms with Crippen molar-refractivity contribution in [1.29, 1.82) is 0 Å². The molecule has 2 heteroatoms. The lowest BCUT2D eigenvalue weighted by molar-refractivity contribution is 0.130. The monoisotopic (exact) mass is 319 g/mol. The van der Waals surface area contributed by atoms with Crippen LogP contribution in [0.25, 0.3) is 0 Å². The van der Waals surface area contributed by atoms with E-state index in [1.54, 1.807) is 12.1 Å². The molecule has 1 aromatic rings. The first kappa shape index (κ1) is 18.4. The summed E-state index contributed by atoms with van der Waals surface area (Å²) in [5, 5.41) is 0. The van der Waals surface area contributed by atoms with Crippen LogP contribution in [0.5, 0.6) is 0 Å². The van der Waals surface area contributed by atoms with E-state index in [2.05, 4.69) is 39.5 Å². The molecule has 0 aliphatic carbocycles. The second-order valence-electron chi connectivity index (χ2n) is 8.39. The van der Waals surface area contributed by atoms with Crippen molar-refractivity contribution < 1.29 is 4.39 Å². The summed E-state index contributed by atoms with van der Waals surface area (Å²) in [5.74, 6) is 1.21. The highest BCUT2D eigenvalue weighted by molar-refractivity contribution is 5.21. The molecule has 1 aliphatic heterocycles. The first-order valence-electron chi connectivity index (χ1n) is 9.29. The Kier molecular flexibility index (Phi) is 6.25. The molecule has 1 fully saturated rings. The van der Waals surface area contributed by atoms with Crippen molar-refractivity contribution in [3.05, 3.63) is 35.6 Å². The highest BCUT2D eigenvalue weighted by atomic mass is 19.1. The van der Waals surface area contributed by atoms with E-state index in [0.29, 0.717) is 17.4 Å². The van der Waals surface area contributed by atoms with E-state index in [1.165, 1.54) is 44.3 Å². The number of hydrogen-bond donors (Lipinski definition) is 0. The van der Waals surface area contributed by atoms with Gasteiger partial charge in [-0.2, -0.15) is 0 Å². The lowest BCUT2D eigenvalue weighted by Gasteiger charge is -2.38. The van der Waals surface area contributed by atoms with E-state index in [1.807, 2.05) is 12.1 Å². The molecule has 1 nitrogen and oxygen atoms in total. The smallest absolute Gasteiger partial charge is 0.123 e. The number of rotatable bonds is 6. The minimum absolute atomic E-state index is 0.132. The number of nitrogens with zero attached hydrogens (tertiary/aromatic N) is 1. The summed E-state index contributed by atoms with van der Waals surface area (Å²) >= 11 is 0. The fourth-order valence-electron chi connectivity index (χ4n) is 3.46. The molecule has 1 aromatic carbocycles. The lowest BCUT2D eigenvalue weighted by Crippen LogP contribution is -2.40. The second kappa shape index (κ2) is 7.79. The van der Waals surface area contributed by atoms with Gasteiger partial charge in [-0.3, -0.25) is 0 Å². The zero-order chi connectivity index (χ0) is 17.0. The molecular formula is C21H34FN. The Hall–Kier alpha value is -0.890. The highest BCUT2D eigenvalue weighted by Crippen LogP contribution is 2.34. The summed E-state index contributed by atoms with van der Waals surface area (Å²) in [6, 6.07) is 7.78. The lowest BCUT2D eigenvalue weighted by atomic mass is 9.76. The van der Waals surface area contributed by atoms with E-state index in [4.69, 9.17) is 0 Å². The van der Waals surface area contributed by atoms with Gasteiger partial charge in [0, 0.05) is 6.04 Å². The predicted octanol–water partition coefficient (Wildman–Crippen LogP) is 5.86. The molecule has 23 heavy (non-hydrogen) atoms. The van der Waals surface area contributed by atoms with Crippen molar-refractivity contribution >= 4 is 0 Å². The molecule has 1 aliphatic rings. The molecule has 2 rings (SSSR count). The maximum absolute atomic E-state index is 13.1. The van der Waals surface area contributed by atoms with Crippen LogP contribution in [0, 0.1) is 17.2 Å². The molecule has 0 saturated carbocycles. The molecule has 0 N–H and O–H groups in total. The van der Waals surface area contributed by atoms with Crippen molar-refractivity contribution in [3.8, 4) is 0 Å². The van der Waals surface area contributed by atoms with Gasteiger partial charge in [0.2, 0.25) is 0 Å². The van der Waals surface area contributed by atoms with Crippen molar-refractivity contribution in [3.63, 3.8) is 0 Å². The van der Waals surface area contributed by atoms with Gasteiger partial charge in [0.15, 0.2) is 0 Å². The van der Waals surface area contributed by atoms with Crippen LogP contribution in [-0.2, 0) is 0 Å². The van der Waals surface area contributed by atoms with Crippen LogP contribution >= 0.6 is 0 Å². The Bertz CT molecular complexity index is 469. The normalized spacial score (nSPS) is 19.3. The number of piperidine rings is 1. The van der Waals surface area contributed by atoms with Gasteiger partial charge in [-0.25, -0.2) is 4.39 Å². The molecular weight excluding hydrogens is 285 g/mol. The number of likely N-dealkylation sites (tertiary alicyclic amines) is 1. The van der Waals surface area contributed by atoms with E-state index in [0.717, 1.165) is 5.92 Å². The zero-order valence-corrected chi connectivity index (χ0v) is 15.6. The predicted molar refractivity (Wildman–Crippen MR) is 97.3 cm³/mol. The van der Waals surface area contributed by atoms with Crippen LogP contribution in [0.15, 0.2) is 24.3 Å². The van der Waals surface area contributed by atoms with Crippen LogP contribution in [0.4, 0.5) is 4.39 Å². The summed E-state index contributed by atoms with van der Waals surface area (Å²) < 4.78 is 13.1. The second-order valence-corrected chi connectivity index (χ2v) is 8.39. The average molecular weight is 320 g/mol. The SMILES string of the molecule is CC(CCC(C)(C)C(C)C)N1CCC(c2ccc(F)cc2)CC1. The molecule has 130 valence electrons. The van der Waals surface area contributed by atoms with Crippen molar-refractivity contribution in [2.24, 2.45) is 11.3 Å². The Morgan fingerprint density at radius 2 is 1.65 bits per heavy atom. The highest BCUT2D eigenvalue weighted by Gasteiger charge is 2.27. The summed E-state index contributed by atoms with van der Waals surface area (Å²) in [6.07, 6.45) is 4.98. The van der Waals surface area contributed by atoms with Gasteiger partial charge in [0.05, 0.1) is 0 Å². The van der Waals surface area contributed by atoms with Crippen LogP contribution in [0.1, 0.15) is 71.8 Å². The van der Waals surface area contributed by atoms with Gasteiger partial charge in [0.25, 0.3) is 0 Å². The summed E-state index contributed by atoms with van der Waals surface area (Å²) in [5.41, 5.74) is 1.74. The van der Waals surface area contributed by atoms with Crippen molar-refractivity contribution in [2.75, 3.05) is 13.1 Å². The average Bonchev–Trinajstić information content (AvgIpc) is 2.53. The van der Waals surface area contributed by atoms with Crippen LogP contribution in [0.2, 0.25) is 0 Å². The molecule has 1 atom stereocenters. The molecule has 1 heterocycles. The van der Waals surface area contributed by atoms with E-state index < -0.39 is 0 Å². The van der Waals surface area contributed by atoms with Crippen molar-refractivity contribution in [1.82, 2.24) is 4.90 Å². The third kappa shape index (κ3) is 5.04. The quantitative estimate of drug-likeness (QED) is 0.635. The molecule has 1 unspecified atom stereocenters. The number of benzene rings is 1.